The molecule has 0 aliphatic rings. The van der Waals surface area contributed by atoms with Crippen molar-refractivity contribution >= 4 is 33.3 Å². The van der Waals surface area contributed by atoms with Crippen molar-refractivity contribution in [2.45, 2.75) is 17.1 Å². The number of rotatable bonds is 2. The zero-order valence-corrected chi connectivity index (χ0v) is 10.6. The van der Waals surface area contributed by atoms with Crippen molar-refractivity contribution in [3.05, 3.63) is 35.7 Å². The van der Waals surface area contributed by atoms with Gasteiger partial charge >= 0.3 is 0 Å². The minimum atomic E-state index is 0.719. The van der Waals surface area contributed by atoms with Crippen LogP contribution in [-0.4, -0.2) is 19.9 Å². The van der Waals surface area contributed by atoms with Gasteiger partial charge in [-0.05, 0) is 36.2 Å². The second-order valence-corrected chi connectivity index (χ2v) is 5.25. The molecule has 0 bridgehead atoms. The molecule has 0 aliphatic carbocycles. The van der Waals surface area contributed by atoms with E-state index in [2.05, 4.69) is 19.9 Å². The molecule has 0 amide bonds. The van der Waals surface area contributed by atoms with Crippen LogP contribution in [0, 0.1) is 6.92 Å². The Balaban J connectivity index is 2.02. The Morgan fingerprint density at radius 2 is 2.12 bits per heavy atom. The van der Waals surface area contributed by atoms with Crippen molar-refractivity contribution in [3.8, 4) is 0 Å². The van der Waals surface area contributed by atoms with Gasteiger partial charge in [-0.15, -0.1) is 11.3 Å². The van der Waals surface area contributed by atoms with Crippen LogP contribution in [0.25, 0.3) is 10.2 Å². The molecule has 0 unspecified atom stereocenters. The fourth-order valence-electron chi connectivity index (χ4n) is 1.41. The van der Waals surface area contributed by atoms with Crippen LogP contribution in [0.15, 0.2) is 40.2 Å². The number of nitrogens with zero attached hydrogens (tertiary/aromatic N) is 4. The van der Waals surface area contributed by atoms with Crippen molar-refractivity contribution in [2.75, 3.05) is 0 Å². The fourth-order valence-corrected chi connectivity index (χ4v) is 3.06. The third kappa shape index (κ3) is 2.13. The maximum atomic E-state index is 4.35. The van der Waals surface area contributed by atoms with Crippen molar-refractivity contribution in [2.24, 2.45) is 0 Å². The number of aryl methyl sites for hydroxylation is 1. The van der Waals surface area contributed by atoms with Gasteiger partial charge in [-0.2, -0.15) is 0 Å². The molecule has 4 nitrogen and oxygen atoms in total. The summed E-state index contributed by atoms with van der Waals surface area (Å²) in [5, 5.41) is 4.70. The lowest BCUT2D eigenvalue weighted by atomic mass is 10.4. The Kier molecular flexibility index (Phi) is 2.74. The maximum absolute atomic E-state index is 4.35. The lowest BCUT2D eigenvalue weighted by Crippen LogP contribution is -1.90. The highest BCUT2D eigenvalue weighted by molar-refractivity contribution is 7.99. The van der Waals surface area contributed by atoms with Crippen LogP contribution in [0.3, 0.4) is 0 Å². The van der Waals surface area contributed by atoms with Gasteiger partial charge in [0.2, 0.25) is 0 Å². The molecule has 0 atom stereocenters. The summed E-state index contributed by atoms with van der Waals surface area (Å²) >= 11 is 3.08. The van der Waals surface area contributed by atoms with Crippen molar-refractivity contribution in [1.29, 1.82) is 0 Å². The molecule has 0 N–H and O–H groups in total. The summed E-state index contributed by atoms with van der Waals surface area (Å²) in [5.74, 6) is 0. The normalized spacial score (nSPS) is 10.9. The highest BCUT2D eigenvalue weighted by Crippen LogP contribution is 2.30. The number of hydrogen-bond acceptors (Lipinski definition) is 6. The molecule has 3 aromatic heterocycles. The molecule has 0 aromatic carbocycles. The Morgan fingerprint density at radius 3 is 3.00 bits per heavy atom. The molecule has 17 heavy (non-hydrogen) atoms. The molecule has 84 valence electrons. The van der Waals surface area contributed by atoms with E-state index in [-0.39, 0.29) is 0 Å². The Hall–Kier alpha value is -1.53. The molecule has 0 radical (unpaired) electrons. The van der Waals surface area contributed by atoms with Gasteiger partial charge in [0.15, 0.2) is 5.16 Å². The van der Waals surface area contributed by atoms with E-state index in [9.17, 15) is 0 Å². The van der Waals surface area contributed by atoms with Crippen LogP contribution in [-0.2, 0) is 0 Å². The van der Waals surface area contributed by atoms with E-state index in [0.717, 1.165) is 26.1 Å². The minimum absolute atomic E-state index is 0.719. The minimum Gasteiger partial charge on any atom is -0.231 e. The monoisotopic (exact) mass is 260 g/mol. The summed E-state index contributed by atoms with van der Waals surface area (Å²) < 4.78 is 0. The van der Waals surface area contributed by atoms with E-state index in [1.807, 2.05) is 24.4 Å². The Bertz CT molecular complexity index is 665. The van der Waals surface area contributed by atoms with Gasteiger partial charge in [-0.25, -0.2) is 19.9 Å². The first kappa shape index (κ1) is 10.6. The van der Waals surface area contributed by atoms with Crippen molar-refractivity contribution in [1.82, 2.24) is 19.9 Å². The highest BCUT2D eigenvalue weighted by atomic mass is 32.2. The molecular formula is C11H8N4S2. The lowest BCUT2D eigenvalue weighted by Gasteiger charge is -2.00. The zero-order chi connectivity index (χ0) is 11.7. The smallest absolute Gasteiger partial charge is 0.194 e. The molecule has 6 heteroatoms. The standard InChI is InChI=1S/C11H8N4S2/c1-7-2-4-12-11(15-7)17-10-8-3-5-16-9(8)13-6-14-10/h2-6H,1H3. The largest absolute Gasteiger partial charge is 0.231 e. The first-order chi connectivity index (χ1) is 8.33. The van der Waals surface area contributed by atoms with Gasteiger partial charge in [0.1, 0.15) is 16.2 Å². The van der Waals surface area contributed by atoms with Gasteiger partial charge in [-0.1, -0.05) is 0 Å². The molecule has 0 spiro atoms. The molecule has 3 rings (SSSR count). The average molecular weight is 260 g/mol. The van der Waals surface area contributed by atoms with Crippen molar-refractivity contribution < 1.29 is 0 Å². The number of aromatic nitrogens is 4. The Labute approximate surface area is 106 Å². The first-order valence-corrected chi connectivity index (χ1v) is 6.68. The number of thiophene rings is 1. The number of hydrogen-bond donors (Lipinski definition) is 0. The van der Waals surface area contributed by atoms with Crippen LogP contribution in [0.2, 0.25) is 0 Å². The van der Waals surface area contributed by atoms with Crippen LogP contribution < -0.4 is 0 Å². The van der Waals surface area contributed by atoms with Gasteiger partial charge in [0.25, 0.3) is 0 Å². The van der Waals surface area contributed by atoms with Gasteiger partial charge in [0.05, 0.1) is 0 Å². The lowest BCUT2D eigenvalue weighted by molar-refractivity contribution is 0.928. The van der Waals surface area contributed by atoms with Crippen LogP contribution >= 0.6 is 23.1 Å². The molecule has 0 aliphatic heterocycles. The van der Waals surface area contributed by atoms with Gasteiger partial charge in [0, 0.05) is 17.3 Å². The summed E-state index contributed by atoms with van der Waals surface area (Å²) in [5.41, 5.74) is 0.957. The van der Waals surface area contributed by atoms with Crippen LogP contribution in [0.5, 0.6) is 0 Å². The third-order valence-electron chi connectivity index (χ3n) is 2.19. The molecule has 0 saturated heterocycles. The fraction of sp³-hybridized carbons (Fsp3) is 0.0909. The first-order valence-electron chi connectivity index (χ1n) is 4.98. The van der Waals surface area contributed by atoms with E-state index in [1.165, 1.54) is 11.8 Å². The molecule has 0 fully saturated rings. The third-order valence-corrected chi connectivity index (χ3v) is 3.90. The quantitative estimate of drug-likeness (QED) is 0.524. The van der Waals surface area contributed by atoms with E-state index in [4.69, 9.17) is 0 Å². The maximum Gasteiger partial charge on any atom is 0.194 e. The van der Waals surface area contributed by atoms with Crippen LogP contribution in [0.4, 0.5) is 0 Å². The van der Waals surface area contributed by atoms with E-state index in [1.54, 1.807) is 23.9 Å². The second kappa shape index (κ2) is 4.38. The molecular weight excluding hydrogens is 252 g/mol. The molecule has 3 heterocycles. The van der Waals surface area contributed by atoms with E-state index < -0.39 is 0 Å². The summed E-state index contributed by atoms with van der Waals surface area (Å²) in [4.78, 5) is 18.1. The summed E-state index contributed by atoms with van der Waals surface area (Å²) in [7, 11) is 0. The second-order valence-electron chi connectivity index (χ2n) is 3.40. The summed E-state index contributed by atoms with van der Waals surface area (Å²) in [6, 6.07) is 3.91. The number of fused-ring (bicyclic) bond motifs is 1. The van der Waals surface area contributed by atoms with E-state index in [0.29, 0.717) is 0 Å². The average Bonchev–Trinajstić information content (AvgIpc) is 2.78. The predicted molar refractivity (Wildman–Crippen MR) is 68.3 cm³/mol. The molecule has 3 aromatic rings. The topological polar surface area (TPSA) is 51.6 Å². The van der Waals surface area contributed by atoms with Crippen molar-refractivity contribution in [3.63, 3.8) is 0 Å². The zero-order valence-electron chi connectivity index (χ0n) is 8.99. The summed E-state index contributed by atoms with van der Waals surface area (Å²) in [6.45, 7) is 1.95. The van der Waals surface area contributed by atoms with Gasteiger partial charge < -0.3 is 0 Å². The van der Waals surface area contributed by atoms with Crippen LogP contribution in [0.1, 0.15) is 5.69 Å². The Morgan fingerprint density at radius 1 is 1.18 bits per heavy atom. The summed E-state index contributed by atoms with van der Waals surface area (Å²) in [6.07, 6.45) is 3.34. The van der Waals surface area contributed by atoms with Gasteiger partial charge in [-0.3, -0.25) is 0 Å². The van der Waals surface area contributed by atoms with E-state index >= 15 is 0 Å². The predicted octanol–water partition coefficient (Wildman–Crippen LogP) is 2.94. The highest BCUT2D eigenvalue weighted by Gasteiger charge is 2.08. The SMILES string of the molecule is Cc1ccnc(Sc2ncnc3sccc23)n1. The molecule has 0 saturated carbocycles.